The summed E-state index contributed by atoms with van der Waals surface area (Å²) in [5, 5.41) is 8.90. The molecule has 0 aliphatic carbocycles. The predicted octanol–water partition coefficient (Wildman–Crippen LogP) is 2.28. The van der Waals surface area contributed by atoms with E-state index in [0.717, 1.165) is 11.3 Å². The minimum atomic E-state index is -0.494. The van der Waals surface area contributed by atoms with Crippen LogP contribution in [0.4, 0.5) is 5.69 Å². The molecule has 1 N–H and O–H groups in total. The molecule has 0 fully saturated rings. The van der Waals surface area contributed by atoms with Gasteiger partial charge in [-0.05, 0) is 17.7 Å². The molecule has 2 aromatic carbocycles. The minimum absolute atomic E-state index is 0.0672. The van der Waals surface area contributed by atoms with Gasteiger partial charge >= 0.3 is 5.97 Å². The molecule has 128 valence electrons. The number of methoxy groups -OCH3 is 1. The lowest BCUT2D eigenvalue weighted by molar-refractivity contribution is -0.140. The average molecular weight is 337 g/mol. The number of carbonyl (C=O) groups is 2. The third-order valence-corrected chi connectivity index (χ3v) is 4.00. The number of hydrazone groups is 1. The smallest absolute Gasteiger partial charge is 0.325 e. The number of para-hydroxylation sites is 1. The molecule has 0 saturated heterocycles. The maximum absolute atomic E-state index is 12.3. The first-order valence-corrected chi connectivity index (χ1v) is 8.00. The Hall–Kier alpha value is -3.15. The van der Waals surface area contributed by atoms with Crippen LogP contribution in [0.1, 0.15) is 18.0 Å². The molecule has 3 rings (SSSR count). The number of benzene rings is 2. The van der Waals surface area contributed by atoms with Crippen molar-refractivity contribution >= 4 is 23.3 Å². The van der Waals surface area contributed by atoms with Crippen LogP contribution in [0.5, 0.6) is 0 Å². The molecule has 0 bridgehead atoms. The molecule has 0 unspecified atom stereocenters. The number of nitrogens with one attached hydrogen (secondary N) is 1. The first kappa shape index (κ1) is 16.7. The second-order valence-electron chi connectivity index (χ2n) is 5.62. The Labute approximate surface area is 146 Å². The predicted molar refractivity (Wildman–Crippen MR) is 95.2 cm³/mol. The molecule has 1 atom stereocenters. The summed E-state index contributed by atoms with van der Waals surface area (Å²) in [6.07, 6.45) is 0.464. The van der Waals surface area contributed by atoms with Gasteiger partial charge in [0.25, 0.3) is 5.91 Å². The second-order valence-corrected chi connectivity index (χ2v) is 5.62. The van der Waals surface area contributed by atoms with Gasteiger partial charge in [0.1, 0.15) is 12.3 Å². The number of nitrogens with zero attached hydrogens (tertiary/aromatic N) is 2. The molecule has 0 aromatic heterocycles. The van der Waals surface area contributed by atoms with Crippen molar-refractivity contribution in [3.05, 3.63) is 66.2 Å². The van der Waals surface area contributed by atoms with Gasteiger partial charge in [-0.1, -0.05) is 48.5 Å². The number of hydrogen-bond acceptors (Lipinski definition) is 5. The maximum atomic E-state index is 12.3. The number of anilines is 1. The number of amides is 1. The fraction of sp³-hybridized carbons (Fsp3) is 0.211. The molecule has 1 aliphatic rings. The van der Waals surface area contributed by atoms with Gasteiger partial charge in [0.2, 0.25) is 0 Å². The van der Waals surface area contributed by atoms with E-state index in [1.807, 2.05) is 65.7 Å². The normalized spacial score (nSPS) is 16.3. The highest BCUT2D eigenvalue weighted by Crippen LogP contribution is 2.34. The van der Waals surface area contributed by atoms with Gasteiger partial charge in [0, 0.05) is 6.42 Å². The minimum Gasteiger partial charge on any atom is -0.468 e. The van der Waals surface area contributed by atoms with Crippen LogP contribution in [-0.4, -0.2) is 31.2 Å². The van der Waals surface area contributed by atoms with Gasteiger partial charge in [0.15, 0.2) is 0 Å². The largest absolute Gasteiger partial charge is 0.468 e. The van der Waals surface area contributed by atoms with Gasteiger partial charge in [0.05, 0.1) is 18.8 Å². The van der Waals surface area contributed by atoms with E-state index in [9.17, 15) is 9.59 Å². The zero-order valence-electron chi connectivity index (χ0n) is 13.9. The second kappa shape index (κ2) is 7.61. The van der Waals surface area contributed by atoms with Gasteiger partial charge in [-0.15, -0.1) is 0 Å². The van der Waals surface area contributed by atoms with Crippen LogP contribution in [0.3, 0.4) is 0 Å². The number of carbonyl (C=O) groups excluding carboxylic acids is 2. The number of rotatable bonds is 5. The first-order chi connectivity index (χ1) is 12.2. The summed E-state index contributed by atoms with van der Waals surface area (Å²) in [7, 11) is 1.28. The molecular formula is C19H19N3O3. The summed E-state index contributed by atoms with van der Waals surface area (Å²) in [5.74, 6) is -0.851. The lowest BCUT2D eigenvalue weighted by Crippen LogP contribution is -2.34. The summed E-state index contributed by atoms with van der Waals surface area (Å²) in [6.45, 7) is -0.171. The highest BCUT2D eigenvalue weighted by atomic mass is 16.5. The van der Waals surface area contributed by atoms with E-state index in [-0.39, 0.29) is 18.5 Å². The molecule has 1 amide bonds. The Morgan fingerprint density at radius 3 is 2.40 bits per heavy atom. The van der Waals surface area contributed by atoms with Crippen LogP contribution in [-0.2, 0) is 14.3 Å². The van der Waals surface area contributed by atoms with Crippen LogP contribution >= 0.6 is 0 Å². The standard InChI is InChI=1S/C19H19N3O3/c1-25-18(23)13-20-19(24)16-12-17(14-8-4-2-5-9-14)22(21-16)15-10-6-3-7-11-15/h2-11,17H,12-13H2,1H3,(H,20,24)/t17-/m0/s1. The molecule has 0 radical (unpaired) electrons. The van der Waals surface area contributed by atoms with Crippen molar-refractivity contribution in [2.45, 2.75) is 12.5 Å². The lowest BCUT2D eigenvalue weighted by atomic mass is 10.0. The van der Waals surface area contributed by atoms with Crippen LogP contribution in [0.25, 0.3) is 0 Å². The van der Waals surface area contributed by atoms with E-state index >= 15 is 0 Å². The summed E-state index contributed by atoms with van der Waals surface area (Å²) in [6, 6.07) is 19.6. The van der Waals surface area contributed by atoms with E-state index in [1.54, 1.807) is 0 Å². The van der Waals surface area contributed by atoms with Crippen molar-refractivity contribution in [3.63, 3.8) is 0 Å². The lowest BCUT2D eigenvalue weighted by Gasteiger charge is -2.23. The van der Waals surface area contributed by atoms with E-state index in [2.05, 4.69) is 15.2 Å². The Balaban J connectivity index is 1.84. The average Bonchev–Trinajstić information content (AvgIpc) is 3.12. The Kier molecular flexibility index (Phi) is 5.09. The Morgan fingerprint density at radius 1 is 1.12 bits per heavy atom. The quantitative estimate of drug-likeness (QED) is 0.850. The van der Waals surface area contributed by atoms with Crippen molar-refractivity contribution in [1.29, 1.82) is 0 Å². The van der Waals surface area contributed by atoms with Gasteiger partial charge in [-0.2, -0.15) is 5.10 Å². The van der Waals surface area contributed by atoms with Crippen molar-refractivity contribution in [1.82, 2.24) is 5.32 Å². The first-order valence-electron chi connectivity index (χ1n) is 8.00. The SMILES string of the molecule is COC(=O)CNC(=O)C1=NN(c2ccccc2)[C@H](c2ccccc2)C1. The molecule has 0 saturated carbocycles. The molecule has 0 spiro atoms. The molecule has 2 aromatic rings. The third kappa shape index (κ3) is 3.85. The summed E-state index contributed by atoms with van der Waals surface area (Å²) < 4.78 is 4.54. The molecule has 1 aliphatic heterocycles. The fourth-order valence-corrected chi connectivity index (χ4v) is 2.73. The zero-order valence-corrected chi connectivity index (χ0v) is 13.9. The van der Waals surface area contributed by atoms with Crippen molar-refractivity contribution in [3.8, 4) is 0 Å². The molecule has 6 nitrogen and oxygen atoms in total. The maximum Gasteiger partial charge on any atom is 0.325 e. The summed E-state index contributed by atoms with van der Waals surface area (Å²) in [4.78, 5) is 23.6. The summed E-state index contributed by atoms with van der Waals surface area (Å²) >= 11 is 0. The van der Waals surface area contributed by atoms with Crippen molar-refractivity contribution in [2.75, 3.05) is 18.7 Å². The monoisotopic (exact) mass is 337 g/mol. The van der Waals surface area contributed by atoms with E-state index in [1.165, 1.54) is 7.11 Å². The molecule has 25 heavy (non-hydrogen) atoms. The molecular weight excluding hydrogens is 318 g/mol. The topological polar surface area (TPSA) is 71.0 Å². The number of esters is 1. The summed E-state index contributed by atoms with van der Waals surface area (Å²) in [5.41, 5.74) is 2.37. The molecule has 1 heterocycles. The van der Waals surface area contributed by atoms with Crippen LogP contribution in [0, 0.1) is 0 Å². The van der Waals surface area contributed by atoms with Gasteiger partial charge in [-0.3, -0.25) is 14.6 Å². The highest BCUT2D eigenvalue weighted by molar-refractivity contribution is 6.40. The number of hydrogen-bond donors (Lipinski definition) is 1. The fourth-order valence-electron chi connectivity index (χ4n) is 2.73. The van der Waals surface area contributed by atoms with Crippen LogP contribution in [0.15, 0.2) is 65.8 Å². The van der Waals surface area contributed by atoms with Crippen LogP contribution < -0.4 is 10.3 Å². The highest BCUT2D eigenvalue weighted by Gasteiger charge is 2.32. The number of ether oxygens (including phenoxy) is 1. The third-order valence-electron chi connectivity index (χ3n) is 4.00. The van der Waals surface area contributed by atoms with E-state index < -0.39 is 5.97 Å². The van der Waals surface area contributed by atoms with Crippen LogP contribution in [0.2, 0.25) is 0 Å². The van der Waals surface area contributed by atoms with Crippen molar-refractivity contribution < 1.29 is 14.3 Å². The Bertz CT molecular complexity index is 775. The van der Waals surface area contributed by atoms with Crippen molar-refractivity contribution in [2.24, 2.45) is 5.10 Å². The molecule has 6 heteroatoms. The van der Waals surface area contributed by atoms with E-state index in [4.69, 9.17) is 0 Å². The van der Waals surface area contributed by atoms with E-state index in [0.29, 0.717) is 12.1 Å². The van der Waals surface area contributed by atoms with Gasteiger partial charge < -0.3 is 10.1 Å². The van der Waals surface area contributed by atoms with Gasteiger partial charge in [-0.25, -0.2) is 0 Å². The Morgan fingerprint density at radius 2 is 1.76 bits per heavy atom. The zero-order chi connectivity index (χ0) is 17.6.